The van der Waals surface area contributed by atoms with Crippen molar-refractivity contribution in [3.63, 3.8) is 0 Å². The molecule has 1 N–H and O–H groups in total. The molecule has 0 saturated carbocycles. The Bertz CT molecular complexity index is 1170. The Hall–Kier alpha value is -4.01. The fourth-order valence-electron chi connectivity index (χ4n) is 3.54. The highest BCUT2D eigenvalue weighted by atomic mass is 16.5. The summed E-state index contributed by atoms with van der Waals surface area (Å²) in [5, 5.41) is 6.70. The summed E-state index contributed by atoms with van der Waals surface area (Å²) >= 11 is 0. The molecule has 1 saturated heterocycles. The average molecular weight is 434 g/mol. The van der Waals surface area contributed by atoms with Gasteiger partial charge in [-0.3, -0.25) is 9.59 Å². The first kappa shape index (κ1) is 21.2. The molecular weight excluding hydrogens is 412 g/mol. The zero-order valence-corrected chi connectivity index (χ0v) is 17.7. The number of nitrogens with zero attached hydrogens (tertiary/aromatic N) is 3. The third kappa shape index (κ3) is 4.51. The molecule has 0 radical (unpaired) electrons. The first-order valence-electron chi connectivity index (χ1n) is 10.2. The summed E-state index contributed by atoms with van der Waals surface area (Å²) in [5.74, 6) is -0.524. The quantitative estimate of drug-likeness (QED) is 0.593. The maximum atomic E-state index is 12.8. The van der Waals surface area contributed by atoms with Crippen LogP contribution in [-0.2, 0) is 14.3 Å². The molecule has 3 aromatic rings. The van der Waals surface area contributed by atoms with Gasteiger partial charge in [-0.25, -0.2) is 4.79 Å². The van der Waals surface area contributed by atoms with Gasteiger partial charge in [-0.2, -0.15) is 4.98 Å². The summed E-state index contributed by atoms with van der Waals surface area (Å²) in [6, 6.07) is 13.8. The summed E-state index contributed by atoms with van der Waals surface area (Å²) < 4.78 is 10.0. The van der Waals surface area contributed by atoms with E-state index in [0.717, 1.165) is 5.56 Å². The molecule has 1 atom stereocenters. The number of nitrogens with one attached hydrogen (secondary N) is 1. The van der Waals surface area contributed by atoms with Gasteiger partial charge in [-0.1, -0.05) is 23.4 Å². The topological polar surface area (TPSA) is 115 Å². The highest BCUT2D eigenvalue weighted by Crippen LogP contribution is 2.29. The van der Waals surface area contributed by atoms with Crippen LogP contribution in [0.2, 0.25) is 0 Å². The lowest BCUT2D eigenvalue weighted by atomic mass is 10.1. The maximum Gasteiger partial charge on any atom is 0.338 e. The van der Waals surface area contributed by atoms with Crippen LogP contribution in [-0.4, -0.2) is 41.1 Å². The van der Waals surface area contributed by atoms with Gasteiger partial charge in [0.2, 0.25) is 23.5 Å². The van der Waals surface area contributed by atoms with Gasteiger partial charge in [0.15, 0.2) is 0 Å². The molecular formula is C23H22N4O5. The van der Waals surface area contributed by atoms with Crippen molar-refractivity contribution < 1.29 is 23.6 Å². The molecule has 9 heteroatoms. The number of carbonyl (C=O) groups is 3. The second kappa shape index (κ2) is 9.01. The number of aromatic nitrogens is 2. The molecule has 1 unspecified atom stereocenters. The first-order chi connectivity index (χ1) is 15.4. The van der Waals surface area contributed by atoms with Crippen molar-refractivity contribution in [3.8, 4) is 11.4 Å². The van der Waals surface area contributed by atoms with Crippen LogP contribution in [0.3, 0.4) is 0 Å². The van der Waals surface area contributed by atoms with Gasteiger partial charge >= 0.3 is 5.97 Å². The van der Waals surface area contributed by atoms with Gasteiger partial charge < -0.3 is 19.5 Å². The molecule has 2 aromatic carbocycles. The molecule has 32 heavy (non-hydrogen) atoms. The summed E-state index contributed by atoms with van der Waals surface area (Å²) in [5.41, 5.74) is 2.20. The minimum absolute atomic E-state index is 0.0922. The number of esters is 1. The van der Waals surface area contributed by atoms with Gasteiger partial charge in [0.25, 0.3) is 0 Å². The Morgan fingerprint density at radius 2 is 2.03 bits per heavy atom. The van der Waals surface area contributed by atoms with Crippen LogP contribution < -0.4 is 10.2 Å². The lowest BCUT2D eigenvalue weighted by Gasteiger charge is -2.17. The number of hydrogen-bond donors (Lipinski definition) is 1. The van der Waals surface area contributed by atoms with Crippen molar-refractivity contribution in [3.05, 3.63) is 60.0 Å². The van der Waals surface area contributed by atoms with Gasteiger partial charge in [0.1, 0.15) is 0 Å². The minimum atomic E-state index is -0.523. The molecule has 1 fully saturated rings. The highest BCUT2D eigenvalue weighted by Gasteiger charge is 2.35. The van der Waals surface area contributed by atoms with Gasteiger partial charge in [-0.15, -0.1) is 0 Å². The smallest absolute Gasteiger partial charge is 0.338 e. The van der Waals surface area contributed by atoms with Crippen molar-refractivity contribution in [2.75, 3.05) is 23.4 Å². The van der Waals surface area contributed by atoms with E-state index in [1.54, 1.807) is 61.2 Å². The fraction of sp³-hybridized carbons (Fsp3) is 0.261. The van der Waals surface area contributed by atoms with E-state index >= 15 is 0 Å². The third-order valence-corrected chi connectivity index (χ3v) is 5.08. The molecule has 0 bridgehead atoms. The monoisotopic (exact) mass is 434 g/mol. The summed E-state index contributed by atoms with van der Waals surface area (Å²) in [7, 11) is 0. The standard InChI is InChI=1S/C23H22N4O5/c1-3-31-23(30)16-7-4-8-18(10-16)25-22(29)17-12-20(28)27(13-17)19-9-5-6-15(11-19)21-24-14(2)32-26-21/h4-11,17H,3,12-13H2,1-2H3,(H,25,29). The SMILES string of the molecule is CCOC(=O)c1cccc(NC(=O)C2CC(=O)N(c3cccc(-c4noc(C)n4)c3)C2)c1. The number of hydrogen-bond acceptors (Lipinski definition) is 7. The van der Waals surface area contributed by atoms with E-state index in [9.17, 15) is 14.4 Å². The van der Waals surface area contributed by atoms with Gasteiger partial charge in [0.05, 0.1) is 18.1 Å². The van der Waals surface area contributed by atoms with Crippen LogP contribution in [0.4, 0.5) is 11.4 Å². The molecule has 0 aliphatic carbocycles. The number of rotatable bonds is 6. The normalized spacial score (nSPS) is 15.6. The van der Waals surface area contributed by atoms with Crippen LogP contribution in [0.15, 0.2) is 53.1 Å². The Balaban J connectivity index is 1.45. The second-order valence-corrected chi connectivity index (χ2v) is 7.38. The molecule has 4 rings (SSSR count). The van der Waals surface area contributed by atoms with Gasteiger partial charge in [-0.05, 0) is 37.3 Å². The molecule has 0 spiro atoms. The largest absolute Gasteiger partial charge is 0.462 e. The highest BCUT2D eigenvalue weighted by molar-refractivity contribution is 6.04. The van der Waals surface area contributed by atoms with Crippen molar-refractivity contribution in [2.45, 2.75) is 20.3 Å². The summed E-state index contributed by atoms with van der Waals surface area (Å²) in [4.78, 5) is 43.1. The maximum absolute atomic E-state index is 12.8. The van der Waals surface area contributed by atoms with E-state index in [0.29, 0.717) is 28.7 Å². The fourth-order valence-corrected chi connectivity index (χ4v) is 3.54. The van der Waals surface area contributed by atoms with E-state index in [1.807, 2.05) is 6.07 Å². The lowest BCUT2D eigenvalue weighted by molar-refractivity contribution is -0.122. The number of anilines is 2. The van der Waals surface area contributed by atoms with Crippen molar-refractivity contribution in [1.29, 1.82) is 0 Å². The zero-order valence-electron chi connectivity index (χ0n) is 17.7. The van der Waals surface area contributed by atoms with Crippen LogP contribution in [0.25, 0.3) is 11.4 Å². The van der Waals surface area contributed by atoms with Crippen molar-refractivity contribution in [2.24, 2.45) is 5.92 Å². The summed E-state index contributed by atoms with van der Waals surface area (Å²) in [6.07, 6.45) is 0.0922. The summed E-state index contributed by atoms with van der Waals surface area (Å²) in [6.45, 7) is 3.95. The molecule has 1 aliphatic heterocycles. The number of benzene rings is 2. The van der Waals surface area contributed by atoms with E-state index in [1.165, 1.54) is 0 Å². The Labute approximate surface area is 184 Å². The second-order valence-electron chi connectivity index (χ2n) is 7.38. The molecule has 9 nitrogen and oxygen atoms in total. The van der Waals surface area contributed by atoms with Crippen LogP contribution in [0, 0.1) is 12.8 Å². The number of amides is 2. The number of carbonyl (C=O) groups excluding carboxylic acids is 3. The molecule has 1 aromatic heterocycles. The molecule has 1 aliphatic rings. The van der Waals surface area contributed by atoms with E-state index in [-0.39, 0.29) is 31.4 Å². The Morgan fingerprint density at radius 1 is 1.22 bits per heavy atom. The average Bonchev–Trinajstić information content (AvgIpc) is 3.40. The van der Waals surface area contributed by atoms with Crippen LogP contribution in [0.1, 0.15) is 29.6 Å². The Morgan fingerprint density at radius 3 is 2.78 bits per heavy atom. The van der Waals surface area contributed by atoms with Crippen LogP contribution in [0.5, 0.6) is 0 Å². The van der Waals surface area contributed by atoms with E-state index < -0.39 is 11.9 Å². The molecule has 164 valence electrons. The van der Waals surface area contributed by atoms with E-state index in [4.69, 9.17) is 9.26 Å². The lowest BCUT2D eigenvalue weighted by Crippen LogP contribution is -2.28. The minimum Gasteiger partial charge on any atom is -0.462 e. The van der Waals surface area contributed by atoms with Crippen molar-refractivity contribution in [1.82, 2.24) is 10.1 Å². The third-order valence-electron chi connectivity index (χ3n) is 5.08. The number of ether oxygens (including phenoxy) is 1. The molecule has 2 amide bonds. The van der Waals surface area contributed by atoms with E-state index in [2.05, 4.69) is 15.5 Å². The Kier molecular flexibility index (Phi) is 5.98. The number of aryl methyl sites for hydroxylation is 1. The predicted molar refractivity (Wildman–Crippen MR) is 116 cm³/mol. The van der Waals surface area contributed by atoms with Crippen LogP contribution >= 0.6 is 0 Å². The van der Waals surface area contributed by atoms with Crippen molar-refractivity contribution >= 4 is 29.2 Å². The predicted octanol–water partition coefficient (Wildman–Crippen LogP) is 3.21. The zero-order chi connectivity index (χ0) is 22.7. The first-order valence-corrected chi connectivity index (χ1v) is 10.2. The van der Waals surface area contributed by atoms with Gasteiger partial charge in [0, 0.05) is 36.8 Å². The molecule has 2 heterocycles.